The molecule has 0 fully saturated rings. The summed E-state index contributed by atoms with van der Waals surface area (Å²) in [6.45, 7) is -0.908. The number of carbonyl (C=O) groups is 5. The Morgan fingerprint density at radius 3 is 2.07 bits per heavy atom. The molecular weight excluding hydrogens is 536 g/mol. The van der Waals surface area contributed by atoms with Gasteiger partial charge in [0.15, 0.2) is 0 Å². The van der Waals surface area contributed by atoms with Gasteiger partial charge in [-0.1, -0.05) is 30.3 Å². The Morgan fingerprint density at radius 2 is 1.44 bits per heavy atom. The van der Waals surface area contributed by atoms with Crippen LogP contribution in [0.5, 0.6) is 5.75 Å². The third-order valence-corrected chi connectivity index (χ3v) is 6.30. The van der Waals surface area contributed by atoms with Crippen LogP contribution < -0.4 is 27.4 Å². The number of primary amides is 1. The van der Waals surface area contributed by atoms with Crippen LogP contribution in [-0.4, -0.2) is 80.7 Å². The molecule has 11 N–H and O–H groups in total. The Kier molecular flexibility index (Phi) is 10.4. The molecule has 0 saturated carbocycles. The minimum Gasteiger partial charge on any atom is -0.508 e. The Hall–Kier alpha value is -4.95. The van der Waals surface area contributed by atoms with Crippen LogP contribution >= 0.6 is 0 Å². The number of aromatic hydroxyl groups is 1. The number of rotatable bonds is 14. The number of aliphatic carboxylic acids is 1. The van der Waals surface area contributed by atoms with Gasteiger partial charge in [-0.25, -0.2) is 4.79 Å². The highest BCUT2D eigenvalue weighted by Crippen LogP contribution is 2.19. The summed E-state index contributed by atoms with van der Waals surface area (Å²) in [5.74, 6) is -5.07. The molecule has 0 aliphatic heterocycles. The quantitative estimate of drug-likeness (QED) is 0.108. The number of phenols is 1. The van der Waals surface area contributed by atoms with E-state index in [4.69, 9.17) is 11.5 Å². The van der Waals surface area contributed by atoms with E-state index < -0.39 is 66.8 Å². The molecule has 14 nitrogen and oxygen atoms in total. The molecule has 0 bridgehead atoms. The summed E-state index contributed by atoms with van der Waals surface area (Å²) in [4.78, 5) is 64.9. The van der Waals surface area contributed by atoms with E-state index in [1.54, 1.807) is 30.5 Å². The van der Waals surface area contributed by atoms with Gasteiger partial charge in [-0.2, -0.15) is 0 Å². The van der Waals surface area contributed by atoms with E-state index in [9.17, 15) is 39.3 Å². The fraction of sp³-hybridized carbons (Fsp3) is 0.296. The fourth-order valence-corrected chi connectivity index (χ4v) is 4.13. The summed E-state index contributed by atoms with van der Waals surface area (Å²) in [5, 5.41) is 36.5. The van der Waals surface area contributed by atoms with Crippen molar-refractivity contribution in [2.75, 3.05) is 6.61 Å². The number of carbonyl (C=O) groups excluding carboxylic acids is 4. The largest absolute Gasteiger partial charge is 0.508 e. The molecule has 0 aliphatic rings. The fourth-order valence-electron chi connectivity index (χ4n) is 4.13. The first kappa shape index (κ1) is 30.6. The maximum Gasteiger partial charge on any atom is 0.326 e. The Balaban J connectivity index is 1.65. The van der Waals surface area contributed by atoms with E-state index in [1.165, 1.54) is 12.1 Å². The van der Waals surface area contributed by atoms with Crippen LogP contribution in [0.4, 0.5) is 0 Å². The maximum absolute atomic E-state index is 12.9. The summed E-state index contributed by atoms with van der Waals surface area (Å²) < 4.78 is 0. The van der Waals surface area contributed by atoms with Crippen LogP contribution in [0, 0.1) is 0 Å². The van der Waals surface area contributed by atoms with Crippen molar-refractivity contribution >= 4 is 40.5 Å². The molecule has 14 heteroatoms. The number of nitrogens with one attached hydrogen (secondary N) is 4. The zero-order valence-corrected chi connectivity index (χ0v) is 21.9. The highest BCUT2D eigenvalue weighted by Gasteiger charge is 2.31. The summed E-state index contributed by atoms with van der Waals surface area (Å²) in [6.07, 6.45) is 0.950. The van der Waals surface area contributed by atoms with Crippen molar-refractivity contribution in [1.82, 2.24) is 20.9 Å². The second kappa shape index (κ2) is 13.9. The van der Waals surface area contributed by atoms with Gasteiger partial charge in [0.1, 0.15) is 23.9 Å². The number of H-pyrrole nitrogens is 1. The standard InChI is InChI=1S/C27H32N6O8/c28-18(9-14-5-7-16(35)8-6-14)24(37)31-20(11-23(29)36)25(38)33-22(13-34)26(39)32-21(27(40)41)10-15-12-30-19-4-2-1-3-17(15)19/h1-8,12,18,20-22,30,34-35H,9-11,13,28H2,(H2,29,36)(H,31,37)(H,32,39)(H,33,38)(H,40,41). The normalized spacial score (nSPS) is 13.9. The Morgan fingerprint density at radius 1 is 0.829 bits per heavy atom. The van der Waals surface area contributed by atoms with Crippen LogP contribution in [0.15, 0.2) is 54.7 Å². The first-order valence-electron chi connectivity index (χ1n) is 12.6. The van der Waals surface area contributed by atoms with Gasteiger partial charge in [0.05, 0.1) is 19.1 Å². The lowest BCUT2D eigenvalue weighted by Crippen LogP contribution is -2.59. The molecule has 1 heterocycles. The van der Waals surface area contributed by atoms with Gasteiger partial charge in [0.25, 0.3) is 0 Å². The van der Waals surface area contributed by atoms with E-state index >= 15 is 0 Å². The van der Waals surface area contributed by atoms with E-state index in [0.717, 1.165) is 10.9 Å². The molecule has 3 aromatic rings. The summed E-state index contributed by atoms with van der Waals surface area (Å²) in [6, 6.07) is 7.48. The second-order valence-corrected chi connectivity index (χ2v) is 9.42. The van der Waals surface area contributed by atoms with Crippen molar-refractivity contribution in [3.05, 3.63) is 65.9 Å². The van der Waals surface area contributed by atoms with Crippen LogP contribution in [0.1, 0.15) is 17.5 Å². The summed E-state index contributed by atoms with van der Waals surface area (Å²) >= 11 is 0. The molecule has 4 unspecified atom stereocenters. The number of aromatic nitrogens is 1. The van der Waals surface area contributed by atoms with Crippen molar-refractivity contribution in [3.63, 3.8) is 0 Å². The van der Waals surface area contributed by atoms with E-state index in [2.05, 4.69) is 20.9 Å². The van der Waals surface area contributed by atoms with Crippen LogP contribution in [0.3, 0.4) is 0 Å². The second-order valence-electron chi connectivity index (χ2n) is 9.42. The first-order chi connectivity index (χ1) is 19.5. The zero-order chi connectivity index (χ0) is 30.1. The number of nitrogens with two attached hydrogens (primary N) is 2. The minimum absolute atomic E-state index is 0.0279. The van der Waals surface area contributed by atoms with Crippen LogP contribution in [0.25, 0.3) is 10.9 Å². The molecule has 3 rings (SSSR count). The number of hydrogen-bond donors (Lipinski definition) is 9. The average molecular weight is 569 g/mol. The molecule has 4 atom stereocenters. The number of para-hydroxylation sites is 1. The number of carboxylic acids is 1. The van der Waals surface area contributed by atoms with Gasteiger partial charge < -0.3 is 47.7 Å². The minimum atomic E-state index is -1.61. The van der Waals surface area contributed by atoms with Crippen molar-refractivity contribution in [2.24, 2.45) is 11.5 Å². The molecule has 4 amide bonds. The predicted octanol–water partition coefficient (Wildman–Crippen LogP) is -1.61. The molecule has 218 valence electrons. The smallest absolute Gasteiger partial charge is 0.326 e. The third kappa shape index (κ3) is 8.52. The summed E-state index contributed by atoms with van der Waals surface area (Å²) in [7, 11) is 0. The van der Waals surface area contributed by atoms with Crippen LogP contribution in [0.2, 0.25) is 0 Å². The lowest BCUT2D eigenvalue weighted by molar-refractivity contribution is -0.142. The molecule has 41 heavy (non-hydrogen) atoms. The number of phenolic OH excluding ortho intramolecular Hbond substituents is 1. The number of aromatic amines is 1. The number of amides is 4. The SMILES string of the molecule is NC(=O)CC(NC(=O)C(N)Cc1ccc(O)cc1)C(=O)NC(CO)C(=O)NC(Cc1c[nH]c2ccccc12)C(=O)O. The van der Waals surface area contributed by atoms with E-state index in [-0.39, 0.29) is 18.6 Å². The van der Waals surface area contributed by atoms with Crippen molar-refractivity contribution < 1.29 is 39.3 Å². The molecule has 0 aliphatic carbocycles. The lowest BCUT2D eigenvalue weighted by atomic mass is 10.0. The van der Waals surface area contributed by atoms with Crippen molar-refractivity contribution in [3.8, 4) is 5.75 Å². The maximum atomic E-state index is 12.9. The van der Waals surface area contributed by atoms with Gasteiger partial charge >= 0.3 is 5.97 Å². The number of benzene rings is 2. The van der Waals surface area contributed by atoms with Gasteiger partial charge in [-0.3, -0.25) is 19.2 Å². The average Bonchev–Trinajstić information content (AvgIpc) is 3.34. The Bertz CT molecular complexity index is 1410. The first-order valence-corrected chi connectivity index (χ1v) is 12.6. The number of carboxylic acid groups (broad SMARTS) is 1. The van der Waals surface area contributed by atoms with Gasteiger partial charge in [-0.05, 0) is 35.7 Å². The zero-order valence-electron chi connectivity index (χ0n) is 21.9. The van der Waals surface area contributed by atoms with Gasteiger partial charge in [-0.15, -0.1) is 0 Å². The molecule has 1 aromatic heterocycles. The van der Waals surface area contributed by atoms with Crippen molar-refractivity contribution in [2.45, 2.75) is 43.4 Å². The number of aliphatic hydroxyl groups is 1. The topological polar surface area (TPSA) is 250 Å². The number of aliphatic hydroxyl groups excluding tert-OH is 1. The highest BCUT2D eigenvalue weighted by molar-refractivity contribution is 5.96. The van der Waals surface area contributed by atoms with Gasteiger partial charge in [0.2, 0.25) is 23.6 Å². The Labute approximate surface area is 234 Å². The van der Waals surface area contributed by atoms with E-state index in [0.29, 0.717) is 11.1 Å². The molecule has 0 radical (unpaired) electrons. The number of fused-ring (bicyclic) bond motifs is 1. The highest BCUT2D eigenvalue weighted by atomic mass is 16.4. The summed E-state index contributed by atoms with van der Waals surface area (Å²) in [5.41, 5.74) is 13.2. The molecular formula is C27H32N6O8. The molecule has 2 aromatic carbocycles. The monoisotopic (exact) mass is 568 g/mol. The van der Waals surface area contributed by atoms with Gasteiger partial charge in [0, 0.05) is 23.5 Å². The molecule has 0 saturated heterocycles. The number of hydrogen-bond acceptors (Lipinski definition) is 8. The van der Waals surface area contributed by atoms with Crippen LogP contribution in [-0.2, 0) is 36.8 Å². The third-order valence-electron chi connectivity index (χ3n) is 6.30. The van der Waals surface area contributed by atoms with Crippen molar-refractivity contribution in [1.29, 1.82) is 0 Å². The lowest BCUT2D eigenvalue weighted by Gasteiger charge is -2.24. The molecule has 0 spiro atoms. The van der Waals surface area contributed by atoms with E-state index in [1.807, 2.05) is 12.1 Å². The predicted molar refractivity (Wildman–Crippen MR) is 146 cm³/mol.